The van der Waals surface area contributed by atoms with Gasteiger partial charge in [-0.1, -0.05) is 36.4 Å². The third-order valence-corrected chi connectivity index (χ3v) is 7.28. The molecule has 0 saturated carbocycles. The van der Waals surface area contributed by atoms with E-state index in [1.165, 1.54) is 5.39 Å². The molecular weight excluding hydrogens is 452 g/mol. The molecule has 6 nitrogen and oxygen atoms in total. The van der Waals surface area contributed by atoms with Gasteiger partial charge in [0.05, 0.1) is 13.4 Å². The molecule has 6 heteroatoms. The summed E-state index contributed by atoms with van der Waals surface area (Å²) in [5.74, 6) is 0.177. The van der Waals surface area contributed by atoms with E-state index in [-0.39, 0.29) is 17.7 Å². The van der Waals surface area contributed by atoms with E-state index in [4.69, 9.17) is 14.9 Å². The van der Waals surface area contributed by atoms with Crippen LogP contribution in [0.1, 0.15) is 30.9 Å². The molecule has 0 unspecified atom stereocenters. The molecule has 5 rings (SSSR count). The largest absolute Gasteiger partial charge is 0.496 e. The predicted molar refractivity (Wildman–Crippen MR) is 143 cm³/mol. The Morgan fingerprint density at radius 3 is 2.50 bits per heavy atom. The van der Waals surface area contributed by atoms with E-state index in [0.717, 1.165) is 44.2 Å². The van der Waals surface area contributed by atoms with Gasteiger partial charge in [0.1, 0.15) is 11.3 Å². The summed E-state index contributed by atoms with van der Waals surface area (Å²) >= 11 is 0. The number of carbonyl (C=O) groups excluding carboxylic acids is 2. The van der Waals surface area contributed by atoms with Crippen molar-refractivity contribution in [3.63, 3.8) is 0 Å². The lowest BCUT2D eigenvalue weighted by molar-refractivity contribution is -0.130. The Morgan fingerprint density at radius 2 is 1.81 bits per heavy atom. The van der Waals surface area contributed by atoms with Crippen LogP contribution in [0, 0.1) is 12.8 Å². The first-order chi connectivity index (χ1) is 17.4. The highest BCUT2D eigenvalue weighted by molar-refractivity contribution is 6.02. The number of methoxy groups -OCH3 is 1. The molecule has 3 aromatic carbocycles. The quantitative estimate of drug-likeness (QED) is 0.370. The molecule has 1 aliphatic heterocycles. The van der Waals surface area contributed by atoms with E-state index >= 15 is 0 Å². The number of nitrogens with zero attached hydrogens (tertiary/aromatic N) is 1. The molecule has 2 amide bonds. The highest BCUT2D eigenvalue weighted by atomic mass is 16.5. The molecule has 0 bridgehead atoms. The fourth-order valence-corrected chi connectivity index (χ4v) is 5.19. The number of ether oxygens (including phenoxy) is 1. The summed E-state index contributed by atoms with van der Waals surface area (Å²) in [6.07, 6.45) is 4.65. The van der Waals surface area contributed by atoms with E-state index in [2.05, 4.69) is 30.3 Å². The zero-order chi connectivity index (χ0) is 25.4. The average Bonchev–Trinajstić information content (AvgIpc) is 3.32. The van der Waals surface area contributed by atoms with Crippen LogP contribution in [0.3, 0.4) is 0 Å². The first-order valence-corrected chi connectivity index (χ1v) is 12.2. The van der Waals surface area contributed by atoms with Crippen molar-refractivity contribution in [2.75, 3.05) is 20.2 Å². The minimum atomic E-state index is -0.287. The Morgan fingerprint density at radius 1 is 1.08 bits per heavy atom. The van der Waals surface area contributed by atoms with Gasteiger partial charge in [-0.15, -0.1) is 0 Å². The van der Waals surface area contributed by atoms with Gasteiger partial charge in [-0.05, 0) is 60.7 Å². The number of fused-ring (bicyclic) bond motifs is 2. The number of amides is 2. The van der Waals surface area contributed by atoms with Crippen LogP contribution in [0.4, 0.5) is 0 Å². The summed E-state index contributed by atoms with van der Waals surface area (Å²) in [6, 6.07) is 16.7. The Labute approximate surface area is 210 Å². The van der Waals surface area contributed by atoms with Gasteiger partial charge in [-0.3, -0.25) is 9.59 Å². The lowest BCUT2D eigenvalue weighted by Gasteiger charge is -2.30. The van der Waals surface area contributed by atoms with Crippen molar-refractivity contribution in [3.8, 4) is 16.9 Å². The first-order valence-electron chi connectivity index (χ1n) is 12.2. The molecule has 1 aliphatic rings. The second-order valence-electron chi connectivity index (χ2n) is 9.50. The van der Waals surface area contributed by atoms with Crippen LogP contribution in [0.2, 0.25) is 0 Å². The van der Waals surface area contributed by atoms with Crippen molar-refractivity contribution in [3.05, 3.63) is 72.0 Å². The monoisotopic (exact) mass is 482 g/mol. The van der Waals surface area contributed by atoms with E-state index < -0.39 is 0 Å². The molecule has 1 aromatic heterocycles. The molecule has 0 radical (unpaired) electrons. The van der Waals surface area contributed by atoms with Crippen molar-refractivity contribution >= 4 is 39.1 Å². The average molecular weight is 483 g/mol. The molecule has 2 heterocycles. The number of rotatable bonds is 5. The summed E-state index contributed by atoms with van der Waals surface area (Å²) in [7, 11) is 1.63. The smallest absolute Gasteiger partial charge is 0.246 e. The SMILES string of the molecule is COc1c(/C(C)=C/C(=O)N2CCC(C(N)=O)CC2)cc2c(-c3ccc4ccccc4c3)coc2c1C. The number of hydrogen-bond acceptors (Lipinski definition) is 4. The molecule has 1 fully saturated rings. The number of allylic oxidation sites excluding steroid dienone is 1. The molecule has 0 atom stereocenters. The number of nitrogens with two attached hydrogens (primary N) is 1. The first kappa shape index (κ1) is 23.7. The summed E-state index contributed by atoms with van der Waals surface area (Å²) in [6.45, 7) is 4.95. The fourth-order valence-electron chi connectivity index (χ4n) is 5.19. The summed E-state index contributed by atoms with van der Waals surface area (Å²) in [5, 5.41) is 3.32. The second kappa shape index (κ2) is 9.53. The minimum Gasteiger partial charge on any atom is -0.496 e. The van der Waals surface area contributed by atoms with Crippen LogP contribution in [-0.2, 0) is 9.59 Å². The Hall–Kier alpha value is -4.06. The summed E-state index contributed by atoms with van der Waals surface area (Å²) in [5.41, 5.74) is 10.8. The van der Waals surface area contributed by atoms with E-state index in [1.807, 2.05) is 32.0 Å². The highest BCUT2D eigenvalue weighted by Crippen LogP contribution is 2.41. The predicted octanol–water partition coefficient (Wildman–Crippen LogP) is 5.70. The van der Waals surface area contributed by atoms with Gasteiger partial charge in [0.15, 0.2) is 0 Å². The maximum absolute atomic E-state index is 13.0. The molecule has 0 aliphatic carbocycles. The van der Waals surface area contributed by atoms with E-state index in [1.54, 1.807) is 24.3 Å². The van der Waals surface area contributed by atoms with Crippen LogP contribution in [0.5, 0.6) is 5.75 Å². The third kappa shape index (κ3) is 4.24. The van der Waals surface area contributed by atoms with Gasteiger partial charge in [-0.2, -0.15) is 0 Å². The maximum atomic E-state index is 13.0. The van der Waals surface area contributed by atoms with Gasteiger partial charge in [-0.25, -0.2) is 0 Å². The molecule has 1 saturated heterocycles. The van der Waals surface area contributed by atoms with Gasteiger partial charge in [0.2, 0.25) is 11.8 Å². The third-order valence-electron chi connectivity index (χ3n) is 7.28. The molecule has 36 heavy (non-hydrogen) atoms. The Kier molecular flexibility index (Phi) is 6.27. The van der Waals surface area contributed by atoms with Crippen LogP contribution in [0.25, 0.3) is 38.4 Å². The van der Waals surface area contributed by atoms with Crippen LogP contribution in [0.15, 0.2) is 65.3 Å². The molecule has 2 N–H and O–H groups in total. The fraction of sp³-hybridized carbons (Fsp3) is 0.267. The minimum absolute atomic E-state index is 0.0721. The zero-order valence-corrected chi connectivity index (χ0v) is 20.8. The van der Waals surface area contributed by atoms with Crippen molar-refractivity contribution in [2.24, 2.45) is 11.7 Å². The van der Waals surface area contributed by atoms with Crippen molar-refractivity contribution in [1.29, 1.82) is 0 Å². The van der Waals surface area contributed by atoms with Crippen LogP contribution < -0.4 is 10.5 Å². The zero-order valence-electron chi connectivity index (χ0n) is 20.8. The molecule has 4 aromatic rings. The van der Waals surface area contributed by atoms with Gasteiger partial charge in [0.25, 0.3) is 0 Å². The summed E-state index contributed by atoms with van der Waals surface area (Å²) < 4.78 is 11.8. The normalized spacial score (nSPS) is 15.0. The second-order valence-corrected chi connectivity index (χ2v) is 9.50. The molecule has 0 spiro atoms. The van der Waals surface area contributed by atoms with Gasteiger partial charge >= 0.3 is 0 Å². The number of carbonyl (C=O) groups is 2. The number of furan rings is 1. The number of aryl methyl sites for hydroxylation is 1. The number of piperidine rings is 1. The Bertz CT molecular complexity index is 1510. The standard InChI is InChI=1S/C30H30N2O4/c1-18(14-27(33)32-12-10-21(11-13-32)30(31)34)24-16-25-26(17-36-29(25)19(2)28(24)35-3)23-9-8-20-6-4-5-7-22(20)15-23/h4-9,14-17,21H,10-13H2,1-3H3,(H2,31,34)/b18-14+. The number of likely N-dealkylation sites (tertiary alicyclic amines) is 1. The number of primary amides is 1. The van der Waals surface area contributed by atoms with E-state index in [9.17, 15) is 9.59 Å². The molecule has 184 valence electrons. The lowest BCUT2D eigenvalue weighted by Crippen LogP contribution is -2.41. The maximum Gasteiger partial charge on any atom is 0.246 e. The lowest BCUT2D eigenvalue weighted by atomic mass is 9.94. The van der Waals surface area contributed by atoms with E-state index in [0.29, 0.717) is 31.7 Å². The topological polar surface area (TPSA) is 85.8 Å². The number of hydrogen-bond donors (Lipinski definition) is 1. The Balaban J connectivity index is 1.52. The molecular formula is C30H30N2O4. The number of benzene rings is 3. The van der Waals surface area contributed by atoms with Gasteiger partial charge < -0.3 is 19.8 Å². The van der Waals surface area contributed by atoms with Gasteiger partial charge in [0, 0.05) is 47.2 Å². The van der Waals surface area contributed by atoms with Crippen molar-refractivity contribution in [1.82, 2.24) is 4.90 Å². The van der Waals surface area contributed by atoms with Crippen molar-refractivity contribution < 1.29 is 18.7 Å². The van der Waals surface area contributed by atoms with Crippen LogP contribution in [-0.4, -0.2) is 36.9 Å². The summed E-state index contributed by atoms with van der Waals surface area (Å²) in [4.78, 5) is 26.3. The van der Waals surface area contributed by atoms with Crippen molar-refractivity contribution in [2.45, 2.75) is 26.7 Å². The highest BCUT2D eigenvalue weighted by Gasteiger charge is 2.25. The van der Waals surface area contributed by atoms with Crippen LogP contribution >= 0.6 is 0 Å².